The summed E-state index contributed by atoms with van der Waals surface area (Å²) in [6.07, 6.45) is 0. The molecule has 0 aromatic rings. The van der Waals surface area contributed by atoms with E-state index in [9.17, 15) is 10.2 Å². The van der Waals surface area contributed by atoms with Gasteiger partial charge in [0.25, 0.3) is 0 Å². The minimum atomic E-state index is -6.71. The van der Waals surface area contributed by atoms with Crippen molar-refractivity contribution >= 4 is 0 Å². The number of rotatable bonds is 2. The summed E-state index contributed by atoms with van der Waals surface area (Å²) in [6, 6.07) is 0. The minimum absolute atomic E-state index is 2.75. The zero-order valence-corrected chi connectivity index (χ0v) is 11.3. The Labute approximate surface area is 65.1 Å². The van der Waals surface area contributed by atoms with Crippen molar-refractivity contribution in [1.29, 1.82) is 0 Å². The first-order chi connectivity index (χ1) is 3.71. The molecule has 0 aliphatic rings. The predicted molar refractivity (Wildman–Crippen MR) is 5.20 cm³/mol. The molecule has 0 aliphatic carbocycles. The third-order valence-electron chi connectivity index (χ3n) is 0.333. The molecule has 0 amide bonds. The molecular weight excluding hydrogens is 390 g/mol. The van der Waals surface area contributed by atoms with E-state index in [1.165, 1.54) is 0 Å². The molecular formula is La2O7. The fourth-order valence-corrected chi connectivity index (χ4v) is 10.8. The van der Waals surface area contributed by atoms with Gasteiger partial charge in [-0.3, -0.25) is 0 Å². The Hall–Kier alpha value is 1.15. The van der Waals surface area contributed by atoms with Gasteiger partial charge in [-0.15, -0.1) is 0 Å². The normalized spacial score (nSPS) is 6.22. The summed E-state index contributed by atoms with van der Waals surface area (Å²) < 4.78 is 59.6. The van der Waals surface area contributed by atoms with Gasteiger partial charge >= 0.3 is 66.6 Å². The number of hydrogen-bond donors (Lipinski definition) is 0. The van der Waals surface area contributed by atoms with E-state index in [2.05, 4.69) is -1.33 Å². The van der Waals surface area contributed by atoms with Crippen molar-refractivity contribution in [1.82, 2.24) is 0 Å². The second-order valence-electron chi connectivity index (χ2n) is 1.29. The van der Waals surface area contributed by atoms with Crippen molar-refractivity contribution < 1.29 is 66.6 Å². The molecule has 7 nitrogen and oxygen atoms in total. The van der Waals surface area contributed by atoms with Gasteiger partial charge in [-0.05, 0) is 0 Å². The molecule has 0 spiro atoms. The van der Waals surface area contributed by atoms with Crippen molar-refractivity contribution in [2.75, 3.05) is 0 Å². The SMILES string of the molecule is [O]=[La](=[O])(=[O])[O][La](=[O])(=[O])=[O]. The molecule has 0 heterocycles. The molecule has 0 saturated heterocycles. The number of hydrogen-bond acceptors (Lipinski definition) is 7. The molecule has 0 unspecified atom stereocenters. The van der Waals surface area contributed by atoms with Gasteiger partial charge in [-0.2, -0.15) is 0 Å². The van der Waals surface area contributed by atoms with E-state index in [0.29, 0.717) is 0 Å². The van der Waals surface area contributed by atoms with E-state index in [-0.39, 0.29) is 0 Å². The Kier molecular flexibility index (Phi) is 3.42. The van der Waals surface area contributed by atoms with Crippen molar-refractivity contribution in [2.45, 2.75) is 0 Å². The Balaban J connectivity index is 4.91. The average molecular weight is 390 g/mol. The zero-order chi connectivity index (χ0) is 7.71. The van der Waals surface area contributed by atoms with Crippen LogP contribution in [0.25, 0.3) is 0 Å². The van der Waals surface area contributed by atoms with Crippen molar-refractivity contribution in [3.63, 3.8) is 0 Å². The van der Waals surface area contributed by atoms with Crippen LogP contribution in [-0.4, -0.2) is 0 Å². The van der Waals surface area contributed by atoms with Crippen LogP contribution < -0.4 is 0 Å². The van der Waals surface area contributed by atoms with Crippen LogP contribution >= 0.6 is 0 Å². The molecule has 0 fully saturated rings. The summed E-state index contributed by atoms with van der Waals surface area (Å²) in [5, 5.41) is 0. The first kappa shape index (κ1) is 10.1. The van der Waals surface area contributed by atoms with E-state index in [1.807, 2.05) is 0 Å². The van der Waals surface area contributed by atoms with E-state index in [1.54, 1.807) is 0 Å². The fourth-order valence-electron chi connectivity index (χ4n) is 0.204. The maximum atomic E-state index is 9.47. The topological polar surface area (TPSA) is 112 Å². The molecule has 0 radical (unpaired) electrons. The second-order valence-corrected chi connectivity index (χ2v) is 15.6. The van der Waals surface area contributed by atoms with Crippen LogP contribution in [-0.2, 0) is 8.84 Å². The van der Waals surface area contributed by atoms with Gasteiger partial charge < -0.3 is 0 Å². The third-order valence-corrected chi connectivity index (χ3v) is 17.7. The summed E-state index contributed by atoms with van der Waals surface area (Å²) in [5.74, 6) is 0. The van der Waals surface area contributed by atoms with Crippen LogP contribution in [0.3, 0.4) is 0 Å². The quantitative estimate of drug-likeness (QED) is 0.608. The van der Waals surface area contributed by atoms with Gasteiger partial charge in [-0.1, -0.05) is 0 Å². The first-order valence-corrected chi connectivity index (χ1v) is 13.7. The molecule has 0 atom stereocenters. The third kappa shape index (κ3) is 9.15. The molecule has 0 aromatic carbocycles. The van der Waals surface area contributed by atoms with E-state index >= 15 is 0 Å². The summed E-state index contributed by atoms with van der Waals surface area (Å²) in [7, 11) is 0. The van der Waals surface area contributed by atoms with Gasteiger partial charge in [0.1, 0.15) is 0 Å². The summed E-state index contributed by atoms with van der Waals surface area (Å²) in [5.41, 5.74) is 0. The van der Waals surface area contributed by atoms with Gasteiger partial charge in [0, 0.05) is 0 Å². The molecule has 0 aliphatic heterocycles. The fraction of sp³-hybridized carbons (Fsp3) is 0. The van der Waals surface area contributed by atoms with Crippen molar-refractivity contribution in [2.24, 2.45) is 0 Å². The Morgan fingerprint density at radius 2 is 0.889 bits per heavy atom. The molecule has 9 heteroatoms. The van der Waals surface area contributed by atoms with Crippen molar-refractivity contribution in [3.05, 3.63) is 0 Å². The first-order valence-electron chi connectivity index (χ1n) is 1.89. The van der Waals surface area contributed by atoms with Crippen LogP contribution in [0, 0.1) is 57.8 Å². The average Bonchev–Trinajstić information content (AvgIpc) is 1.14. The van der Waals surface area contributed by atoms with Crippen molar-refractivity contribution in [3.8, 4) is 0 Å². The molecule has 9 heavy (non-hydrogen) atoms. The monoisotopic (exact) mass is 390 g/mol. The van der Waals surface area contributed by atoms with E-state index in [4.69, 9.17) is 0 Å². The van der Waals surface area contributed by atoms with Crippen LogP contribution in [0.4, 0.5) is 0 Å². The maximum absolute atomic E-state index is 9.47. The van der Waals surface area contributed by atoms with Crippen LogP contribution in [0.2, 0.25) is 0 Å². The Morgan fingerprint density at radius 3 is 0.889 bits per heavy atom. The van der Waals surface area contributed by atoms with Crippen LogP contribution in [0.5, 0.6) is 0 Å². The summed E-state index contributed by atoms with van der Waals surface area (Å²) >= 11 is -13.4. The Bertz CT molecular complexity index is 305. The molecule has 0 rings (SSSR count). The van der Waals surface area contributed by atoms with Crippen LogP contribution in [0.1, 0.15) is 0 Å². The molecule has 0 bridgehead atoms. The van der Waals surface area contributed by atoms with E-state index < -0.39 is 57.8 Å². The summed E-state index contributed by atoms with van der Waals surface area (Å²) in [6.45, 7) is 0. The van der Waals surface area contributed by atoms with E-state index in [0.717, 1.165) is 0 Å². The molecule has 0 saturated carbocycles. The van der Waals surface area contributed by atoms with Crippen LogP contribution in [0.15, 0.2) is 0 Å². The van der Waals surface area contributed by atoms with Gasteiger partial charge in [0.05, 0.1) is 0 Å². The molecule has 0 aromatic heterocycles. The summed E-state index contributed by atoms with van der Waals surface area (Å²) in [4.78, 5) is 0. The zero-order valence-electron chi connectivity index (χ0n) is 4.01. The van der Waals surface area contributed by atoms with Gasteiger partial charge in [-0.25, -0.2) is 0 Å². The second kappa shape index (κ2) is 3.04. The van der Waals surface area contributed by atoms with Gasteiger partial charge in [0.2, 0.25) is 0 Å². The predicted octanol–water partition coefficient (Wildman–Crippen LogP) is -0.781. The van der Waals surface area contributed by atoms with Gasteiger partial charge in [0.15, 0.2) is 0 Å². The Morgan fingerprint density at radius 1 is 0.667 bits per heavy atom. The molecule has 48 valence electrons. The standard InChI is InChI=1S/2La.7O. The molecule has 0 N–H and O–H groups in total.